The van der Waals surface area contributed by atoms with Crippen LogP contribution in [0.15, 0.2) is 39.9 Å². The summed E-state index contributed by atoms with van der Waals surface area (Å²) in [5.41, 5.74) is 3.40. The summed E-state index contributed by atoms with van der Waals surface area (Å²) in [6, 6.07) is 8.36. The van der Waals surface area contributed by atoms with E-state index in [1.54, 1.807) is 30.3 Å². The van der Waals surface area contributed by atoms with Gasteiger partial charge in [0, 0.05) is 4.47 Å². The molecule has 126 valence electrons. The molecule has 0 saturated heterocycles. The van der Waals surface area contributed by atoms with Gasteiger partial charge in [0.25, 0.3) is 5.91 Å². The molecule has 2 aromatic carbocycles. The van der Waals surface area contributed by atoms with Gasteiger partial charge in [-0.15, -0.1) is 0 Å². The molecule has 0 aliphatic rings. The number of amides is 1. The minimum absolute atomic E-state index is 0.353. The van der Waals surface area contributed by atoms with Gasteiger partial charge in [0.1, 0.15) is 5.75 Å². The molecule has 0 heterocycles. The van der Waals surface area contributed by atoms with Gasteiger partial charge in [-0.1, -0.05) is 39.1 Å². The van der Waals surface area contributed by atoms with Crippen molar-refractivity contribution in [3.63, 3.8) is 0 Å². The second kappa shape index (κ2) is 8.37. The van der Waals surface area contributed by atoms with Crippen molar-refractivity contribution in [2.75, 3.05) is 14.2 Å². The molecule has 2 rings (SSSR count). The smallest absolute Gasteiger partial charge is 0.275 e. The zero-order valence-electron chi connectivity index (χ0n) is 12.8. The van der Waals surface area contributed by atoms with Crippen molar-refractivity contribution in [1.29, 1.82) is 0 Å². The second-order valence-corrected chi connectivity index (χ2v) is 6.29. The number of carbonyl (C=O) groups is 1. The average Bonchev–Trinajstić information content (AvgIpc) is 2.54. The van der Waals surface area contributed by atoms with Gasteiger partial charge in [-0.05, 0) is 35.9 Å². The molecule has 2 aromatic rings. The van der Waals surface area contributed by atoms with Gasteiger partial charge in [-0.2, -0.15) is 5.10 Å². The van der Waals surface area contributed by atoms with Crippen molar-refractivity contribution in [1.82, 2.24) is 5.43 Å². The summed E-state index contributed by atoms with van der Waals surface area (Å²) in [7, 11) is 2.97. The molecule has 0 spiro atoms. The minimum Gasteiger partial charge on any atom is -0.496 e. The Kier molecular flexibility index (Phi) is 6.48. The van der Waals surface area contributed by atoms with E-state index in [2.05, 4.69) is 26.5 Å². The van der Waals surface area contributed by atoms with E-state index in [0.717, 1.165) is 4.47 Å². The molecule has 0 atom stereocenters. The molecule has 0 unspecified atom stereocenters. The highest BCUT2D eigenvalue weighted by Gasteiger charge is 2.12. The first-order valence-electron chi connectivity index (χ1n) is 6.66. The summed E-state index contributed by atoms with van der Waals surface area (Å²) in [4.78, 5) is 12.2. The fourth-order valence-electron chi connectivity index (χ4n) is 1.93. The molecule has 1 amide bonds. The lowest BCUT2D eigenvalue weighted by molar-refractivity contribution is 0.0952. The van der Waals surface area contributed by atoms with Crippen molar-refractivity contribution in [2.45, 2.75) is 0 Å². The predicted molar refractivity (Wildman–Crippen MR) is 98.8 cm³/mol. The first-order valence-corrected chi connectivity index (χ1v) is 8.21. The maximum Gasteiger partial charge on any atom is 0.275 e. The highest BCUT2D eigenvalue weighted by atomic mass is 79.9. The van der Waals surface area contributed by atoms with Gasteiger partial charge < -0.3 is 9.47 Å². The second-order valence-electron chi connectivity index (χ2n) is 4.56. The first kappa shape index (κ1) is 18.6. The zero-order chi connectivity index (χ0) is 17.7. The number of ether oxygens (including phenoxy) is 2. The van der Waals surface area contributed by atoms with Crippen molar-refractivity contribution < 1.29 is 14.3 Å². The van der Waals surface area contributed by atoms with Crippen LogP contribution in [0.5, 0.6) is 11.5 Å². The van der Waals surface area contributed by atoms with E-state index in [0.29, 0.717) is 32.7 Å². The van der Waals surface area contributed by atoms with E-state index < -0.39 is 5.91 Å². The number of nitrogens with zero attached hydrogens (tertiary/aromatic N) is 1. The summed E-state index contributed by atoms with van der Waals surface area (Å²) in [5, 5.41) is 4.61. The van der Waals surface area contributed by atoms with Crippen molar-refractivity contribution in [3.8, 4) is 11.5 Å². The molecular weight excluding hydrogens is 419 g/mol. The fourth-order valence-corrected chi connectivity index (χ4v) is 2.95. The van der Waals surface area contributed by atoms with E-state index in [4.69, 9.17) is 32.7 Å². The first-order chi connectivity index (χ1) is 11.5. The van der Waals surface area contributed by atoms with Gasteiger partial charge in [-0.25, -0.2) is 5.43 Å². The van der Waals surface area contributed by atoms with E-state index in [-0.39, 0.29) is 0 Å². The van der Waals surface area contributed by atoms with Crippen molar-refractivity contribution >= 4 is 51.3 Å². The van der Waals surface area contributed by atoms with Crippen LogP contribution in [0.3, 0.4) is 0 Å². The van der Waals surface area contributed by atoms with Crippen LogP contribution in [0.1, 0.15) is 15.9 Å². The minimum atomic E-state index is -0.407. The molecule has 8 heteroatoms. The number of methoxy groups -OCH3 is 2. The van der Waals surface area contributed by atoms with E-state index in [1.165, 1.54) is 20.4 Å². The number of hydrogen-bond acceptors (Lipinski definition) is 4. The van der Waals surface area contributed by atoms with Crippen LogP contribution in [0.2, 0.25) is 10.0 Å². The number of halogens is 3. The van der Waals surface area contributed by atoms with Crippen molar-refractivity contribution in [3.05, 3.63) is 56.0 Å². The van der Waals surface area contributed by atoms with Crippen LogP contribution < -0.4 is 14.9 Å². The summed E-state index contributed by atoms with van der Waals surface area (Å²) >= 11 is 15.4. The van der Waals surface area contributed by atoms with Gasteiger partial charge in [0.15, 0.2) is 5.75 Å². The Bertz CT molecular complexity index is 774. The molecule has 0 aliphatic carbocycles. The molecule has 5 nitrogen and oxygen atoms in total. The van der Waals surface area contributed by atoms with Crippen molar-refractivity contribution in [2.24, 2.45) is 5.10 Å². The number of nitrogens with one attached hydrogen (secondary N) is 1. The number of hydrogen-bond donors (Lipinski definition) is 1. The standard InChI is InChI=1S/C16H13BrCl2N2O3/c1-23-14-4-3-10(17)7-11(14)16(22)21-20-8-9-5-12(18)15(24-2)13(19)6-9/h3-8H,1-2H3,(H,21,22)/b20-8-. The lowest BCUT2D eigenvalue weighted by Gasteiger charge is -2.08. The Morgan fingerprint density at radius 3 is 2.42 bits per heavy atom. The molecule has 24 heavy (non-hydrogen) atoms. The van der Waals surface area contributed by atoms with Gasteiger partial charge in [-0.3, -0.25) is 4.79 Å². The third-order valence-electron chi connectivity index (χ3n) is 3.01. The third kappa shape index (κ3) is 4.41. The Hall–Kier alpha value is -1.76. The monoisotopic (exact) mass is 430 g/mol. The van der Waals surface area contributed by atoms with Gasteiger partial charge >= 0.3 is 0 Å². The summed E-state index contributed by atoms with van der Waals surface area (Å²) < 4.78 is 11.0. The average molecular weight is 432 g/mol. The molecule has 0 fully saturated rings. The van der Waals surface area contributed by atoms with Crippen LogP contribution in [0.4, 0.5) is 0 Å². The van der Waals surface area contributed by atoms with E-state index >= 15 is 0 Å². The normalized spacial score (nSPS) is 10.7. The maximum atomic E-state index is 12.2. The van der Waals surface area contributed by atoms with Gasteiger partial charge in [0.2, 0.25) is 0 Å². The Balaban J connectivity index is 2.15. The van der Waals surface area contributed by atoms with E-state index in [9.17, 15) is 4.79 Å². The van der Waals surface area contributed by atoms with Crippen LogP contribution in [-0.4, -0.2) is 26.3 Å². The lowest BCUT2D eigenvalue weighted by atomic mass is 10.2. The molecule has 0 aromatic heterocycles. The molecule has 0 bridgehead atoms. The number of benzene rings is 2. The third-order valence-corrected chi connectivity index (χ3v) is 4.07. The molecular formula is C16H13BrCl2N2O3. The molecule has 0 aliphatic heterocycles. The number of hydrazone groups is 1. The van der Waals surface area contributed by atoms with Gasteiger partial charge in [0.05, 0.1) is 36.0 Å². The number of rotatable bonds is 5. The Morgan fingerprint density at radius 2 is 1.83 bits per heavy atom. The van der Waals surface area contributed by atoms with Crippen LogP contribution in [0.25, 0.3) is 0 Å². The Morgan fingerprint density at radius 1 is 1.17 bits per heavy atom. The summed E-state index contributed by atoms with van der Waals surface area (Å²) in [5.74, 6) is 0.426. The maximum absolute atomic E-state index is 12.2. The highest BCUT2D eigenvalue weighted by Crippen LogP contribution is 2.33. The topological polar surface area (TPSA) is 59.9 Å². The SMILES string of the molecule is COc1ccc(Br)cc1C(=O)N/N=C\c1cc(Cl)c(OC)c(Cl)c1. The highest BCUT2D eigenvalue weighted by molar-refractivity contribution is 9.10. The summed E-state index contributed by atoms with van der Waals surface area (Å²) in [6.45, 7) is 0. The van der Waals surface area contributed by atoms with Crippen LogP contribution in [0, 0.1) is 0 Å². The molecule has 0 radical (unpaired) electrons. The molecule has 0 saturated carbocycles. The van der Waals surface area contributed by atoms with E-state index in [1.807, 2.05) is 0 Å². The largest absolute Gasteiger partial charge is 0.496 e. The zero-order valence-corrected chi connectivity index (χ0v) is 15.9. The van der Waals surface area contributed by atoms with Crippen LogP contribution >= 0.6 is 39.1 Å². The lowest BCUT2D eigenvalue weighted by Crippen LogP contribution is -2.18. The fraction of sp³-hybridized carbons (Fsp3) is 0.125. The molecule has 1 N–H and O–H groups in total. The van der Waals surface area contributed by atoms with Crippen LogP contribution in [-0.2, 0) is 0 Å². The number of carbonyl (C=O) groups excluding carboxylic acids is 1. The predicted octanol–water partition coefficient (Wildman–Crippen LogP) is 4.54. The Labute approximate surface area is 157 Å². The quantitative estimate of drug-likeness (QED) is 0.558. The summed E-state index contributed by atoms with van der Waals surface area (Å²) in [6.07, 6.45) is 1.43.